The number of benzene rings is 1. The van der Waals surface area contributed by atoms with Gasteiger partial charge >= 0.3 is 0 Å². The van der Waals surface area contributed by atoms with Crippen molar-refractivity contribution in [2.75, 3.05) is 19.6 Å². The van der Waals surface area contributed by atoms with E-state index >= 15 is 0 Å². The van der Waals surface area contributed by atoms with Crippen LogP contribution >= 0.6 is 0 Å². The maximum atomic E-state index is 12.8. The number of nitrogens with one attached hydrogen (secondary N) is 1. The molecule has 1 aliphatic rings. The summed E-state index contributed by atoms with van der Waals surface area (Å²) in [7, 11) is 1.98. The molecule has 2 heterocycles. The SMILES string of the molecule is Cc1ccc(CCC(=O)N2CCNCC2c2nccn2C)c(C)c1. The molecule has 1 N–H and O–H groups in total. The first-order chi connectivity index (χ1) is 11.6. The van der Waals surface area contributed by atoms with Gasteiger partial charge in [0.25, 0.3) is 0 Å². The minimum Gasteiger partial charge on any atom is -0.336 e. The lowest BCUT2D eigenvalue weighted by Crippen LogP contribution is -2.49. The van der Waals surface area contributed by atoms with E-state index < -0.39 is 0 Å². The molecule has 2 aromatic rings. The Bertz CT molecular complexity index is 722. The predicted octanol–water partition coefficient (Wildman–Crippen LogP) is 2.14. The molecule has 1 unspecified atom stereocenters. The Labute approximate surface area is 143 Å². The first-order valence-electron chi connectivity index (χ1n) is 8.60. The van der Waals surface area contributed by atoms with Crippen LogP contribution in [0.1, 0.15) is 35.0 Å². The van der Waals surface area contributed by atoms with Crippen molar-refractivity contribution in [3.63, 3.8) is 0 Å². The Morgan fingerprint density at radius 2 is 2.21 bits per heavy atom. The number of imidazole rings is 1. The van der Waals surface area contributed by atoms with Crippen molar-refractivity contribution < 1.29 is 4.79 Å². The highest BCUT2D eigenvalue weighted by Crippen LogP contribution is 2.22. The first kappa shape index (κ1) is 16.7. The Morgan fingerprint density at radius 1 is 1.38 bits per heavy atom. The molecule has 0 bridgehead atoms. The number of carbonyl (C=O) groups excluding carboxylic acids is 1. The molecule has 1 aliphatic heterocycles. The monoisotopic (exact) mass is 326 g/mol. The number of hydrogen-bond acceptors (Lipinski definition) is 3. The lowest BCUT2D eigenvalue weighted by atomic mass is 10.0. The first-order valence-corrected chi connectivity index (χ1v) is 8.60. The summed E-state index contributed by atoms with van der Waals surface area (Å²) in [5.41, 5.74) is 3.79. The Kier molecular flexibility index (Phi) is 5.00. The lowest BCUT2D eigenvalue weighted by Gasteiger charge is -2.36. The van der Waals surface area contributed by atoms with Gasteiger partial charge in [-0.3, -0.25) is 4.79 Å². The van der Waals surface area contributed by atoms with Gasteiger partial charge in [-0.1, -0.05) is 23.8 Å². The molecule has 3 rings (SSSR count). The molecular formula is C19H26N4O. The summed E-state index contributed by atoms with van der Waals surface area (Å²) < 4.78 is 2.00. The minimum absolute atomic E-state index is 0.0189. The van der Waals surface area contributed by atoms with Gasteiger partial charge in [-0.15, -0.1) is 0 Å². The van der Waals surface area contributed by atoms with E-state index in [1.54, 1.807) is 6.20 Å². The summed E-state index contributed by atoms with van der Waals surface area (Å²) >= 11 is 0. The van der Waals surface area contributed by atoms with Gasteiger partial charge in [0.1, 0.15) is 11.9 Å². The van der Waals surface area contributed by atoms with E-state index in [4.69, 9.17) is 0 Å². The smallest absolute Gasteiger partial charge is 0.223 e. The molecule has 1 amide bonds. The molecule has 5 heteroatoms. The molecule has 0 aliphatic carbocycles. The Balaban J connectivity index is 1.69. The molecule has 0 radical (unpaired) electrons. The van der Waals surface area contributed by atoms with Crippen molar-refractivity contribution in [3.05, 3.63) is 53.1 Å². The lowest BCUT2D eigenvalue weighted by molar-refractivity contribution is -0.134. The van der Waals surface area contributed by atoms with Gasteiger partial charge in [0.15, 0.2) is 0 Å². The number of rotatable bonds is 4. The van der Waals surface area contributed by atoms with Crippen molar-refractivity contribution in [2.45, 2.75) is 32.7 Å². The molecule has 1 fully saturated rings. The zero-order chi connectivity index (χ0) is 17.1. The standard InChI is InChI=1S/C19H26N4O/c1-14-4-5-16(15(2)12-14)6-7-18(24)23-11-8-20-13-17(23)19-21-9-10-22(19)3/h4-5,9-10,12,17,20H,6-8,11,13H2,1-3H3. The fraction of sp³-hybridized carbons (Fsp3) is 0.474. The summed E-state index contributed by atoms with van der Waals surface area (Å²) in [5.74, 6) is 1.16. The van der Waals surface area contributed by atoms with Crippen LogP contribution in [0.3, 0.4) is 0 Å². The van der Waals surface area contributed by atoms with Crippen LogP contribution in [0.2, 0.25) is 0 Å². The summed E-state index contributed by atoms with van der Waals surface area (Å²) in [6, 6.07) is 6.46. The fourth-order valence-electron chi connectivity index (χ4n) is 3.44. The minimum atomic E-state index is 0.0189. The molecule has 0 spiro atoms. The second-order valence-electron chi connectivity index (χ2n) is 6.63. The Morgan fingerprint density at radius 3 is 2.92 bits per heavy atom. The van der Waals surface area contributed by atoms with Crippen LogP contribution in [0, 0.1) is 13.8 Å². The van der Waals surface area contributed by atoms with E-state index in [2.05, 4.69) is 42.3 Å². The molecule has 1 aromatic heterocycles. The summed E-state index contributed by atoms with van der Waals surface area (Å²) in [4.78, 5) is 19.3. The maximum Gasteiger partial charge on any atom is 0.223 e. The van der Waals surface area contributed by atoms with Crippen LogP contribution in [-0.4, -0.2) is 40.0 Å². The van der Waals surface area contributed by atoms with E-state index in [9.17, 15) is 4.79 Å². The van der Waals surface area contributed by atoms with Crippen molar-refractivity contribution in [1.82, 2.24) is 19.8 Å². The van der Waals surface area contributed by atoms with Gasteiger partial charge in [0, 0.05) is 45.5 Å². The third-order valence-electron chi connectivity index (χ3n) is 4.83. The quantitative estimate of drug-likeness (QED) is 0.936. The summed E-state index contributed by atoms with van der Waals surface area (Å²) in [5, 5.41) is 3.38. The number of nitrogens with zero attached hydrogens (tertiary/aromatic N) is 3. The molecule has 24 heavy (non-hydrogen) atoms. The highest BCUT2D eigenvalue weighted by atomic mass is 16.2. The molecule has 1 atom stereocenters. The van der Waals surface area contributed by atoms with E-state index in [1.807, 2.05) is 22.7 Å². The van der Waals surface area contributed by atoms with Crippen LogP contribution in [0.15, 0.2) is 30.6 Å². The molecule has 1 aromatic carbocycles. The van der Waals surface area contributed by atoms with Gasteiger partial charge < -0.3 is 14.8 Å². The summed E-state index contributed by atoms with van der Waals surface area (Å²) in [6.07, 6.45) is 5.07. The number of carbonyl (C=O) groups is 1. The molecular weight excluding hydrogens is 300 g/mol. The second-order valence-corrected chi connectivity index (χ2v) is 6.63. The van der Waals surface area contributed by atoms with E-state index in [0.29, 0.717) is 6.42 Å². The third kappa shape index (κ3) is 3.51. The maximum absolute atomic E-state index is 12.8. The largest absolute Gasteiger partial charge is 0.336 e. The highest BCUT2D eigenvalue weighted by Gasteiger charge is 2.30. The van der Waals surface area contributed by atoms with Crippen molar-refractivity contribution in [2.24, 2.45) is 7.05 Å². The number of aromatic nitrogens is 2. The third-order valence-corrected chi connectivity index (χ3v) is 4.83. The number of aryl methyl sites for hydroxylation is 4. The second kappa shape index (κ2) is 7.18. The normalized spacial score (nSPS) is 18.0. The van der Waals surface area contributed by atoms with Crippen LogP contribution in [0.25, 0.3) is 0 Å². The molecule has 128 valence electrons. The van der Waals surface area contributed by atoms with Gasteiger partial charge in [0.2, 0.25) is 5.91 Å². The van der Waals surface area contributed by atoms with Crippen molar-refractivity contribution in [3.8, 4) is 0 Å². The number of piperazine rings is 1. The van der Waals surface area contributed by atoms with Gasteiger partial charge in [-0.25, -0.2) is 4.98 Å². The zero-order valence-electron chi connectivity index (χ0n) is 14.7. The van der Waals surface area contributed by atoms with Gasteiger partial charge in [-0.05, 0) is 31.4 Å². The van der Waals surface area contributed by atoms with E-state index in [0.717, 1.165) is 31.9 Å². The van der Waals surface area contributed by atoms with E-state index in [-0.39, 0.29) is 11.9 Å². The number of amides is 1. The van der Waals surface area contributed by atoms with Crippen LogP contribution in [-0.2, 0) is 18.3 Å². The fourth-order valence-corrected chi connectivity index (χ4v) is 3.44. The Hall–Kier alpha value is -2.14. The van der Waals surface area contributed by atoms with E-state index in [1.165, 1.54) is 16.7 Å². The average molecular weight is 326 g/mol. The number of hydrogen-bond donors (Lipinski definition) is 1. The topological polar surface area (TPSA) is 50.2 Å². The zero-order valence-corrected chi connectivity index (χ0v) is 14.7. The van der Waals surface area contributed by atoms with Crippen molar-refractivity contribution in [1.29, 1.82) is 0 Å². The highest BCUT2D eigenvalue weighted by molar-refractivity contribution is 5.77. The van der Waals surface area contributed by atoms with Crippen molar-refractivity contribution >= 4 is 5.91 Å². The predicted molar refractivity (Wildman–Crippen MR) is 94.8 cm³/mol. The van der Waals surface area contributed by atoms with Crippen LogP contribution < -0.4 is 5.32 Å². The molecule has 0 saturated carbocycles. The molecule has 1 saturated heterocycles. The van der Waals surface area contributed by atoms with Crippen LogP contribution in [0.4, 0.5) is 0 Å². The average Bonchev–Trinajstić information content (AvgIpc) is 2.99. The molecule has 5 nitrogen and oxygen atoms in total. The van der Waals surface area contributed by atoms with Gasteiger partial charge in [-0.2, -0.15) is 0 Å². The summed E-state index contributed by atoms with van der Waals surface area (Å²) in [6.45, 7) is 6.56. The van der Waals surface area contributed by atoms with Gasteiger partial charge in [0.05, 0.1) is 0 Å². The van der Waals surface area contributed by atoms with Crippen LogP contribution in [0.5, 0.6) is 0 Å².